The molecule has 0 aromatic heterocycles. The second kappa shape index (κ2) is 8.94. The molecule has 18 heavy (non-hydrogen) atoms. The Morgan fingerprint density at radius 2 is 2.11 bits per heavy atom. The van der Waals surface area contributed by atoms with E-state index >= 15 is 0 Å². The van der Waals surface area contributed by atoms with Crippen molar-refractivity contribution in [2.24, 2.45) is 0 Å². The van der Waals surface area contributed by atoms with Gasteiger partial charge in [0.15, 0.2) is 0 Å². The van der Waals surface area contributed by atoms with Gasteiger partial charge in [-0.1, -0.05) is 12.1 Å². The van der Waals surface area contributed by atoms with Crippen molar-refractivity contribution in [1.29, 1.82) is 0 Å². The van der Waals surface area contributed by atoms with E-state index in [1.54, 1.807) is 7.11 Å². The molecule has 4 nitrogen and oxygen atoms in total. The van der Waals surface area contributed by atoms with Gasteiger partial charge in [0.1, 0.15) is 0 Å². The molecule has 0 atom stereocenters. The van der Waals surface area contributed by atoms with Crippen LogP contribution in [0.4, 0.5) is 5.69 Å². The van der Waals surface area contributed by atoms with E-state index in [1.165, 1.54) is 0 Å². The Hall–Kier alpha value is -1.07. The minimum absolute atomic E-state index is 0.0608. The Balaban J connectivity index is 2.14. The van der Waals surface area contributed by atoms with E-state index < -0.39 is 0 Å². The monoisotopic (exact) mass is 314 g/mol. The number of para-hydroxylation sites is 1. The van der Waals surface area contributed by atoms with E-state index in [9.17, 15) is 4.79 Å². The van der Waals surface area contributed by atoms with E-state index in [4.69, 9.17) is 4.74 Å². The third kappa shape index (κ3) is 6.02. The smallest absolute Gasteiger partial charge is 0.221 e. The summed E-state index contributed by atoms with van der Waals surface area (Å²) in [7, 11) is 1.66. The van der Waals surface area contributed by atoms with E-state index in [1.807, 2.05) is 24.3 Å². The number of benzene rings is 1. The van der Waals surface area contributed by atoms with Crippen molar-refractivity contribution in [2.45, 2.75) is 12.8 Å². The number of nitrogens with one attached hydrogen (secondary N) is 2. The van der Waals surface area contributed by atoms with Crippen molar-refractivity contribution >= 4 is 27.5 Å². The molecule has 100 valence electrons. The molecule has 0 spiro atoms. The van der Waals surface area contributed by atoms with Crippen LogP contribution in [0.15, 0.2) is 28.7 Å². The molecule has 1 aromatic rings. The summed E-state index contributed by atoms with van der Waals surface area (Å²) in [5.74, 6) is 0.0608. The van der Waals surface area contributed by atoms with Crippen LogP contribution < -0.4 is 10.6 Å². The number of carbonyl (C=O) groups excluding carboxylic acids is 1. The molecule has 0 bridgehead atoms. The lowest BCUT2D eigenvalue weighted by atomic mass is 10.3. The lowest BCUT2D eigenvalue weighted by molar-refractivity contribution is -0.120. The van der Waals surface area contributed by atoms with Crippen molar-refractivity contribution in [3.05, 3.63) is 28.7 Å². The minimum Gasteiger partial charge on any atom is -0.385 e. The van der Waals surface area contributed by atoms with Crippen LogP contribution in [-0.4, -0.2) is 32.7 Å². The zero-order valence-corrected chi connectivity index (χ0v) is 12.1. The highest BCUT2D eigenvalue weighted by molar-refractivity contribution is 9.10. The summed E-state index contributed by atoms with van der Waals surface area (Å²) in [6.07, 6.45) is 1.31. The molecule has 5 heteroatoms. The summed E-state index contributed by atoms with van der Waals surface area (Å²) in [5.41, 5.74) is 1.00. The fourth-order valence-electron chi connectivity index (χ4n) is 1.45. The van der Waals surface area contributed by atoms with Crippen molar-refractivity contribution < 1.29 is 9.53 Å². The number of carbonyl (C=O) groups is 1. The Kier molecular flexibility index (Phi) is 7.44. The number of amides is 1. The summed E-state index contributed by atoms with van der Waals surface area (Å²) in [6.45, 7) is 1.97. The highest BCUT2D eigenvalue weighted by Gasteiger charge is 2.01. The predicted octanol–water partition coefficient (Wildman–Crippen LogP) is 2.40. The van der Waals surface area contributed by atoms with E-state index in [2.05, 4.69) is 26.6 Å². The summed E-state index contributed by atoms with van der Waals surface area (Å²) in [4.78, 5) is 11.5. The molecule has 0 fully saturated rings. The first-order valence-corrected chi connectivity index (χ1v) is 6.77. The van der Waals surface area contributed by atoms with Gasteiger partial charge >= 0.3 is 0 Å². The van der Waals surface area contributed by atoms with Crippen molar-refractivity contribution in [1.82, 2.24) is 5.32 Å². The topological polar surface area (TPSA) is 50.4 Å². The molecule has 2 N–H and O–H groups in total. The molecule has 1 amide bonds. The van der Waals surface area contributed by atoms with E-state index in [-0.39, 0.29) is 5.91 Å². The quantitative estimate of drug-likeness (QED) is 0.724. The van der Waals surface area contributed by atoms with Gasteiger partial charge in [-0.3, -0.25) is 4.79 Å². The standard InChI is InChI=1S/C13H19BrN2O2/c1-18-10-4-8-16-13(17)7-9-15-12-6-3-2-5-11(12)14/h2-3,5-6,15H,4,7-10H2,1H3,(H,16,17). The molecule has 0 saturated heterocycles. The van der Waals surface area contributed by atoms with E-state index in [0.717, 1.165) is 16.6 Å². The molecule has 1 rings (SSSR count). The number of ether oxygens (including phenoxy) is 1. The molecule has 1 aromatic carbocycles. The van der Waals surface area contributed by atoms with Crippen LogP contribution in [0.5, 0.6) is 0 Å². The van der Waals surface area contributed by atoms with Gasteiger partial charge in [-0.05, 0) is 34.5 Å². The highest BCUT2D eigenvalue weighted by atomic mass is 79.9. The first-order valence-electron chi connectivity index (χ1n) is 5.98. The predicted molar refractivity (Wildman–Crippen MR) is 76.8 cm³/mol. The highest BCUT2D eigenvalue weighted by Crippen LogP contribution is 2.20. The summed E-state index contributed by atoms with van der Waals surface area (Å²) < 4.78 is 5.91. The number of methoxy groups -OCH3 is 1. The lowest BCUT2D eigenvalue weighted by Gasteiger charge is -2.08. The fourth-order valence-corrected chi connectivity index (χ4v) is 1.87. The SMILES string of the molecule is COCCCNC(=O)CCNc1ccccc1Br. The zero-order valence-electron chi connectivity index (χ0n) is 10.5. The first-order chi connectivity index (χ1) is 8.74. The second-order valence-corrected chi connectivity index (χ2v) is 4.71. The Morgan fingerprint density at radius 1 is 1.33 bits per heavy atom. The van der Waals surface area contributed by atoms with Gasteiger partial charge < -0.3 is 15.4 Å². The molecular formula is C13H19BrN2O2. The molecule has 0 aliphatic carbocycles. The molecule has 0 radical (unpaired) electrons. The Morgan fingerprint density at radius 3 is 2.83 bits per heavy atom. The van der Waals surface area contributed by atoms with Gasteiger partial charge in [0.2, 0.25) is 5.91 Å². The van der Waals surface area contributed by atoms with Crippen molar-refractivity contribution in [3.8, 4) is 0 Å². The Bertz CT molecular complexity index is 372. The summed E-state index contributed by atoms with van der Waals surface area (Å²) in [5, 5.41) is 6.06. The normalized spacial score (nSPS) is 10.1. The van der Waals surface area contributed by atoms with Gasteiger partial charge in [-0.15, -0.1) is 0 Å². The zero-order chi connectivity index (χ0) is 13.2. The van der Waals surface area contributed by atoms with Gasteiger partial charge in [-0.25, -0.2) is 0 Å². The van der Waals surface area contributed by atoms with E-state index in [0.29, 0.717) is 26.1 Å². The largest absolute Gasteiger partial charge is 0.385 e. The minimum atomic E-state index is 0.0608. The van der Waals surface area contributed by atoms with Crippen LogP contribution in [0.2, 0.25) is 0 Å². The van der Waals surface area contributed by atoms with Crippen LogP contribution in [0.3, 0.4) is 0 Å². The Labute approximate surface area is 116 Å². The molecule has 0 saturated carbocycles. The molecule has 0 aliphatic heterocycles. The van der Waals surface area contributed by atoms with Crippen LogP contribution >= 0.6 is 15.9 Å². The van der Waals surface area contributed by atoms with Gasteiger partial charge in [0.25, 0.3) is 0 Å². The summed E-state index contributed by atoms with van der Waals surface area (Å²) in [6, 6.07) is 7.85. The maximum atomic E-state index is 11.5. The van der Waals surface area contributed by atoms with Crippen LogP contribution in [0.25, 0.3) is 0 Å². The average molecular weight is 315 g/mol. The number of hydrogen-bond donors (Lipinski definition) is 2. The molecule has 0 unspecified atom stereocenters. The van der Waals surface area contributed by atoms with Gasteiger partial charge in [0, 0.05) is 43.4 Å². The number of hydrogen-bond acceptors (Lipinski definition) is 3. The number of rotatable bonds is 8. The van der Waals surface area contributed by atoms with Crippen LogP contribution in [0, 0.1) is 0 Å². The molecule has 0 aliphatic rings. The fraction of sp³-hybridized carbons (Fsp3) is 0.462. The third-order valence-electron chi connectivity index (χ3n) is 2.39. The van der Waals surface area contributed by atoms with Crippen LogP contribution in [0.1, 0.15) is 12.8 Å². The second-order valence-electron chi connectivity index (χ2n) is 3.85. The third-order valence-corrected chi connectivity index (χ3v) is 3.08. The maximum absolute atomic E-state index is 11.5. The average Bonchev–Trinajstić information content (AvgIpc) is 2.37. The van der Waals surface area contributed by atoms with Gasteiger partial charge in [-0.2, -0.15) is 0 Å². The number of anilines is 1. The maximum Gasteiger partial charge on any atom is 0.221 e. The first kappa shape index (κ1) is 15.0. The van der Waals surface area contributed by atoms with Crippen molar-refractivity contribution in [2.75, 3.05) is 32.1 Å². The van der Waals surface area contributed by atoms with Crippen LogP contribution in [-0.2, 0) is 9.53 Å². The molecular weight excluding hydrogens is 296 g/mol. The lowest BCUT2D eigenvalue weighted by Crippen LogP contribution is -2.26. The summed E-state index contributed by atoms with van der Waals surface area (Å²) >= 11 is 3.45. The molecule has 0 heterocycles. The number of halogens is 1. The van der Waals surface area contributed by atoms with Crippen molar-refractivity contribution in [3.63, 3.8) is 0 Å². The van der Waals surface area contributed by atoms with Gasteiger partial charge in [0.05, 0.1) is 0 Å².